The number of aliphatic hydroxyl groups excluding tert-OH is 1. The first-order valence-electron chi connectivity index (χ1n) is 4.99. The quantitative estimate of drug-likeness (QED) is 0.818. The van der Waals surface area contributed by atoms with Crippen molar-refractivity contribution in [3.05, 3.63) is 28.5 Å². The Morgan fingerprint density at radius 1 is 1.53 bits per heavy atom. The van der Waals surface area contributed by atoms with Gasteiger partial charge in [-0.05, 0) is 58.8 Å². The minimum Gasteiger partial charge on any atom is -0.393 e. The normalized spacial score (nSPS) is 12.7. The minimum atomic E-state index is -0.242. The van der Waals surface area contributed by atoms with Crippen LogP contribution in [0.15, 0.2) is 22.9 Å². The Hall–Kier alpha value is -0.0600. The average molecular weight is 290 g/mol. The second kappa shape index (κ2) is 7.25. The fourth-order valence-electron chi connectivity index (χ4n) is 1.40. The maximum absolute atomic E-state index is 9.77. The maximum atomic E-state index is 9.77. The van der Waals surface area contributed by atoms with E-state index in [9.17, 15) is 5.11 Å². The molecule has 0 amide bonds. The van der Waals surface area contributed by atoms with Gasteiger partial charge in [0.1, 0.15) is 0 Å². The summed E-state index contributed by atoms with van der Waals surface area (Å²) >= 11 is 5.19. The molecule has 0 aliphatic carbocycles. The molecule has 0 aromatic carbocycles. The van der Waals surface area contributed by atoms with Crippen LogP contribution in [0.3, 0.4) is 0 Å². The van der Waals surface area contributed by atoms with E-state index in [4.69, 9.17) is 0 Å². The van der Waals surface area contributed by atoms with Gasteiger partial charge in [-0.1, -0.05) is 0 Å². The summed E-state index contributed by atoms with van der Waals surface area (Å²) in [5.41, 5.74) is 1.08. The molecule has 0 aliphatic rings. The lowest BCUT2D eigenvalue weighted by Crippen LogP contribution is -2.10. The zero-order valence-corrected chi connectivity index (χ0v) is 11.2. The first-order chi connectivity index (χ1) is 7.22. The number of pyridine rings is 1. The summed E-state index contributed by atoms with van der Waals surface area (Å²) in [6, 6.07) is 2.00. The molecule has 0 fully saturated rings. The first kappa shape index (κ1) is 13.0. The van der Waals surface area contributed by atoms with E-state index in [0.29, 0.717) is 6.42 Å². The number of hydrogen-bond donors (Lipinski definition) is 1. The molecule has 1 aromatic heterocycles. The molecular formula is C11H16BrNOS. The Morgan fingerprint density at radius 2 is 2.33 bits per heavy atom. The van der Waals surface area contributed by atoms with Crippen LogP contribution in [-0.2, 0) is 6.42 Å². The van der Waals surface area contributed by atoms with Gasteiger partial charge < -0.3 is 5.11 Å². The van der Waals surface area contributed by atoms with Crippen molar-refractivity contribution in [1.29, 1.82) is 0 Å². The highest BCUT2D eigenvalue weighted by Crippen LogP contribution is 2.13. The lowest BCUT2D eigenvalue weighted by Gasteiger charge is -2.09. The average Bonchev–Trinajstić information content (AvgIpc) is 2.18. The molecule has 1 N–H and O–H groups in total. The topological polar surface area (TPSA) is 33.1 Å². The van der Waals surface area contributed by atoms with Crippen molar-refractivity contribution in [1.82, 2.24) is 4.98 Å². The number of aliphatic hydroxyl groups is 1. The van der Waals surface area contributed by atoms with Crippen molar-refractivity contribution in [3.63, 3.8) is 0 Å². The SMILES string of the molecule is CSCCCC(O)Cc1cncc(Br)c1. The molecular weight excluding hydrogens is 274 g/mol. The van der Waals surface area contributed by atoms with Crippen LogP contribution in [0.4, 0.5) is 0 Å². The van der Waals surface area contributed by atoms with Gasteiger partial charge >= 0.3 is 0 Å². The largest absolute Gasteiger partial charge is 0.393 e. The molecule has 1 atom stereocenters. The van der Waals surface area contributed by atoms with E-state index < -0.39 is 0 Å². The van der Waals surface area contributed by atoms with Gasteiger partial charge in [-0.3, -0.25) is 4.98 Å². The molecule has 0 bridgehead atoms. The van der Waals surface area contributed by atoms with Crippen LogP contribution >= 0.6 is 27.7 Å². The van der Waals surface area contributed by atoms with Crippen molar-refractivity contribution in [2.75, 3.05) is 12.0 Å². The number of hydrogen-bond acceptors (Lipinski definition) is 3. The van der Waals surface area contributed by atoms with Crippen LogP contribution in [0, 0.1) is 0 Å². The van der Waals surface area contributed by atoms with Gasteiger partial charge in [0.15, 0.2) is 0 Å². The Morgan fingerprint density at radius 3 is 3.00 bits per heavy atom. The number of thioether (sulfide) groups is 1. The Bertz CT molecular complexity index is 296. The zero-order valence-electron chi connectivity index (χ0n) is 8.82. The summed E-state index contributed by atoms with van der Waals surface area (Å²) < 4.78 is 0.969. The van der Waals surface area contributed by atoms with E-state index >= 15 is 0 Å². The van der Waals surface area contributed by atoms with Crippen LogP contribution < -0.4 is 0 Å². The van der Waals surface area contributed by atoms with Gasteiger partial charge in [0.25, 0.3) is 0 Å². The van der Waals surface area contributed by atoms with Crippen molar-refractivity contribution >= 4 is 27.7 Å². The van der Waals surface area contributed by atoms with Crippen molar-refractivity contribution < 1.29 is 5.11 Å². The molecule has 1 rings (SSSR count). The van der Waals surface area contributed by atoms with Crippen molar-refractivity contribution in [2.24, 2.45) is 0 Å². The first-order valence-corrected chi connectivity index (χ1v) is 7.17. The predicted octanol–water partition coefficient (Wildman–Crippen LogP) is 2.89. The highest BCUT2D eigenvalue weighted by atomic mass is 79.9. The van der Waals surface area contributed by atoms with Crippen LogP contribution in [0.2, 0.25) is 0 Å². The van der Waals surface area contributed by atoms with Gasteiger partial charge in [-0.15, -0.1) is 0 Å². The maximum Gasteiger partial charge on any atom is 0.0581 e. The van der Waals surface area contributed by atoms with E-state index in [1.165, 1.54) is 0 Å². The lowest BCUT2D eigenvalue weighted by molar-refractivity contribution is 0.164. The summed E-state index contributed by atoms with van der Waals surface area (Å²) in [6.07, 6.45) is 8.04. The molecule has 4 heteroatoms. The lowest BCUT2D eigenvalue weighted by atomic mass is 10.1. The molecule has 0 spiro atoms. The fraction of sp³-hybridized carbons (Fsp3) is 0.545. The summed E-state index contributed by atoms with van der Waals surface area (Å²) in [5.74, 6) is 1.12. The van der Waals surface area contributed by atoms with Crippen molar-refractivity contribution in [2.45, 2.75) is 25.4 Å². The molecule has 0 saturated carbocycles. The second-order valence-corrected chi connectivity index (χ2v) is 5.41. The standard InChI is InChI=1S/C11H16BrNOS/c1-15-4-2-3-11(14)6-9-5-10(12)8-13-7-9/h5,7-8,11,14H,2-4,6H2,1H3. The van der Waals surface area contributed by atoms with Crippen LogP contribution in [0.25, 0.3) is 0 Å². The molecule has 1 unspecified atom stereocenters. The predicted molar refractivity (Wildman–Crippen MR) is 69.3 cm³/mol. The minimum absolute atomic E-state index is 0.242. The van der Waals surface area contributed by atoms with Gasteiger partial charge in [-0.2, -0.15) is 11.8 Å². The monoisotopic (exact) mass is 289 g/mol. The van der Waals surface area contributed by atoms with E-state index in [-0.39, 0.29) is 6.10 Å². The third kappa shape index (κ3) is 5.54. The van der Waals surface area contributed by atoms with Crippen LogP contribution in [0.5, 0.6) is 0 Å². The third-order valence-corrected chi connectivity index (χ3v) is 3.25. The van der Waals surface area contributed by atoms with Crippen LogP contribution in [0.1, 0.15) is 18.4 Å². The Kier molecular flexibility index (Phi) is 6.29. The molecule has 0 aliphatic heterocycles. The molecule has 1 aromatic rings. The van der Waals surface area contributed by atoms with E-state index in [0.717, 1.165) is 28.6 Å². The fourth-order valence-corrected chi connectivity index (χ4v) is 2.27. The van der Waals surface area contributed by atoms with E-state index in [2.05, 4.69) is 27.2 Å². The molecule has 15 heavy (non-hydrogen) atoms. The second-order valence-electron chi connectivity index (χ2n) is 3.50. The summed E-state index contributed by atoms with van der Waals surface area (Å²) in [5, 5.41) is 9.77. The van der Waals surface area contributed by atoms with Gasteiger partial charge in [-0.25, -0.2) is 0 Å². The molecule has 1 heterocycles. The number of nitrogens with zero attached hydrogens (tertiary/aromatic N) is 1. The summed E-state index contributed by atoms with van der Waals surface area (Å²) in [7, 11) is 0. The molecule has 84 valence electrons. The number of rotatable bonds is 6. The van der Waals surface area contributed by atoms with E-state index in [1.807, 2.05) is 24.0 Å². The van der Waals surface area contributed by atoms with Gasteiger partial charge in [0.2, 0.25) is 0 Å². The Balaban J connectivity index is 2.34. The van der Waals surface area contributed by atoms with E-state index in [1.54, 1.807) is 6.20 Å². The highest BCUT2D eigenvalue weighted by Gasteiger charge is 2.05. The van der Waals surface area contributed by atoms with Crippen LogP contribution in [-0.4, -0.2) is 28.2 Å². The van der Waals surface area contributed by atoms with Gasteiger partial charge in [0, 0.05) is 16.9 Å². The molecule has 2 nitrogen and oxygen atoms in total. The van der Waals surface area contributed by atoms with Gasteiger partial charge in [0.05, 0.1) is 6.10 Å². The highest BCUT2D eigenvalue weighted by molar-refractivity contribution is 9.10. The number of aromatic nitrogens is 1. The third-order valence-electron chi connectivity index (χ3n) is 2.12. The number of halogens is 1. The summed E-state index contributed by atoms with van der Waals surface area (Å²) in [4.78, 5) is 4.07. The summed E-state index contributed by atoms with van der Waals surface area (Å²) in [6.45, 7) is 0. The Labute approximate surface area is 104 Å². The zero-order chi connectivity index (χ0) is 11.1. The van der Waals surface area contributed by atoms with Crippen molar-refractivity contribution in [3.8, 4) is 0 Å². The molecule has 0 radical (unpaired) electrons. The molecule has 0 saturated heterocycles. The smallest absolute Gasteiger partial charge is 0.0581 e.